The monoisotopic (exact) mass is 409 g/mol. The van der Waals surface area contributed by atoms with Crippen molar-refractivity contribution in [3.05, 3.63) is 94.5 Å². The highest BCUT2D eigenvalue weighted by atomic mass is 16.4. The fraction of sp³-hybridized carbons (Fsp3) is 0.0769. The molecule has 0 saturated carbocycles. The van der Waals surface area contributed by atoms with Crippen LogP contribution in [0, 0.1) is 6.92 Å². The molecule has 0 bridgehead atoms. The zero-order valence-electron chi connectivity index (χ0n) is 16.7. The van der Waals surface area contributed by atoms with Gasteiger partial charge in [-0.1, -0.05) is 54.6 Å². The minimum atomic E-state index is -1.32. The minimum Gasteiger partial charge on any atom is -0.550 e. The van der Waals surface area contributed by atoms with Crippen LogP contribution in [0.3, 0.4) is 0 Å². The summed E-state index contributed by atoms with van der Waals surface area (Å²) in [5.41, 5.74) is 5.11. The molecule has 2 heterocycles. The number of hydrogen-bond acceptors (Lipinski definition) is 5. The topological polar surface area (TPSA) is 83.5 Å². The van der Waals surface area contributed by atoms with Crippen LogP contribution in [0.5, 0.6) is 0 Å². The lowest BCUT2D eigenvalue weighted by Gasteiger charge is -2.09. The predicted octanol–water partition coefficient (Wildman–Crippen LogP) is 4.47. The summed E-state index contributed by atoms with van der Waals surface area (Å²) in [4.78, 5) is 23.3. The number of hydrogen-bond donors (Lipinski definition) is 0. The van der Waals surface area contributed by atoms with Crippen molar-refractivity contribution in [2.45, 2.75) is 13.3 Å². The highest BCUT2D eigenvalue weighted by Crippen LogP contribution is 2.35. The maximum absolute atomic E-state index is 12.2. The Morgan fingerprint density at radius 3 is 2.26 bits per heavy atom. The maximum atomic E-state index is 12.2. The van der Waals surface area contributed by atoms with Crippen molar-refractivity contribution in [2.75, 3.05) is 0 Å². The molecule has 5 aromatic rings. The molecule has 0 unspecified atom stereocenters. The Kier molecular flexibility index (Phi) is 4.44. The number of carboxylic acids is 1. The number of furan rings is 1. The number of carboxylic acid groups (broad SMARTS) is 1. The Morgan fingerprint density at radius 1 is 0.871 bits per heavy atom. The minimum absolute atomic E-state index is 0.101. The Balaban J connectivity index is 1.64. The molecule has 152 valence electrons. The Bertz CT molecular complexity index is 1490. The third kappa shape index (κ3) is 3.30. The summed E-state index contributed by atoms with van der Waals surface area (Å²) in [6.07, 6.45) is 1.19. The van der Waals surface area contributed by atoms with E-state index in [1.165, 1.54) is 0 Å². The molecule has 0 fully saturated rings. The van der Waals surface area contributed by atoms with E-state index in [0.29, 0.717) is 22.1 Å². The van der Waals surface area contributed by atoms with Crippen LogP contribution in [0.15, 0.2) is 86.6 Å². The molecule has 31 heavy (non-hydrogen) atoms. The van der Waals surface area contributed by atoms with Crippen molar-refractivity contribution in [3.8, 4) is 22.3 Å². The van der Waals surface area contributed by atoms with E-state index < -0.39 is 18.0 Å². The van der Waals surface area contributed by atoms with Crippen molar-refractivity contribution >= 4 is 27.9 Å². The lowest BCUT2D eigenvalue weighted by Crippen LogP contribution is -2.27. The number of rotatable bonds is 4. The van der Waals surface area contributed by atoms with Crippen molar-refractivity contribution in [1.82, 2.24) is 0 Å². The zero-order chi connectivity index (χ0) is 21.5. The van der Waals surface area contributed by atoms with Crippen LogP contribution in [-0.2, 0) is 11.2 Å². The van der Waals surface area contributed by atoms with E-state index in [9.17, 15) is 14.7 Å². The van der Waals surface area contributed by atoms with E-state index in [4.69, 9.17) is 8.83 Å². The summed E-state index contributed by atoms with van der Waals surface area (Å²) in [7, 11) is 0. The van der Waals surface area contributed by atoms with Crippen molar-refractivity contribution in [3.63, 3.8) is 0 Å². The lowest BCUT2D eigenvalue weighted by molar-refractivity contribution is -0.304. The molecule has 5 rings (SSSR count). The molecular weight excluding hydrogens is 392 g/mol. The molecule has 0 spiro atoms. The van der Waals surface area contributed by atoms with Gasteiger partial charge in [-0.3, -0.25) is 0 Å². The lowest BCUT2D eigenvalue weighted by atomic mass is 9.98. The first-order valence-electron chi connectivity index (χ1n) is 9.84. The van der Waals surface area contributed by atoms with E-state index in [2.05, 4.69) is 24.3 Å². The molecule has 0 aliphatic rings. The molecule has 2 aromatic heterocycles. The van der Waals surface area contributed by atoms with Gasteiger partial charge in [0.05, 0.1) is 6.26 Å². The smallest absolute Gasteiger partial charge is 0.340 e. The molecule has 0 aliphatic heterocycles. The molecule has 0 atom stereocenters. The van der Waals surface area contributed by atoms with E-state index in [1.807, 2.05) is 36.4 Å². The molecule has 3 aromatic carbocycles. The van der Waals surface area contributed by atoms with Gasteiger partial charge in [-0.25, -0.2) is 4.79 Å². The second-order valence-corrected chi connectivity index (χ2v) is 7.48. The average Bonchev–Trinajstić information content (AvgIpc) is 3.19. The standard InChI is InChI=1S/C26H18O5/c1-15-19-11-21-22(18-9-7-17(8-10-18)16-5-3-2-4-6-16)14-30-23(21)13-24(19)31-26(29)20(15)12-25(27)28/h2-11,13-14H,12H2,1H3,(H,27,28)/p-1. The van der Waals surface area contributed by atoms with Gasteiger partial charge in [-0.15, -0.1) is 0 Å². The van der Waals surface area contributed by atoms with E-state index in [1.54, 1.807) is 19.3 Å². The third-order valence-corrected chi connectivity index (χ3v) is 5.61. The van der Waals surface area contributed by atoms with Gasteiger partial charge in [0.25, 0.3) is 0 Å². The van der Waals surface area contributed by atoms with Gasteiger partial charge in [0.15, 0.2) is 0 Å². The number of carbonyl (C=O) groups excluding carboxylic acids is 1. The van der Waals surface area contributed by atoms with Crippen LogP contribution in [-0.4, -0.2) is 5.97 Å². The quantitative estimate of drug-likeness (QED) is 0.409. The van der Waals surface area contributed by atoms with Gasteiger partial charge in [-0.2, -0.15) is 0 Å². The molecule has 0 radical (unpaired) electrons. The van der Waals surface area contributed by atoms with Crippen molar-refractivity contribution < 1.29 is 18.7 Å². The summed E-state index contributed by atoms with van der Waals surface area (Å²) in [5.74, 6) is -1.32. The largest absolute Gasteiger partial charge is 0.550 e. The first kappa shape index (κ1) is 18.9. The molecule has 0 N–H and O–H groups in total. The van der Waals surface area contributed by atoms with Crippen molar-refractivity contribution in [1.29, 1.82) is 0 Å². The predicted molar refractivity (Wildman–Crippen MR) is 117 cm³/mol. The Labute approximate surface area is 177 Å². The second kappa shape index (κ2) is 7.29. The van der Waals surface area contributed by atoms with Crippen molar-refractivity contribution in [2.24, 2.45) is 0 Å². The number of carbonyl (C=O) groups is 1. The summed E-state index contributed by atoms with van der Waals surface area (Å²) >= 11 is 0. The van der Waals surface area contributed by atoms with E-state index in [-0.39, 0.29) is 5.56 Å². The second-order valence-electron chi connectivity index (χ2n) is 7.48. The SMILES string of the molecule is Cc1c(CC(=O)[O-])c(=O)oc2cc3occ(-c4ccc(-c5ccccc5)cc4)c3cc12. The number of fused-ring (bicyclic) bond motifs is 2. The average molecular weight is 409 g/mol. The summed E-state index contributed by atoms with van der Waals surface area (Å²) in [6.45, 7) is 1.72. The molecule has 0 aliphatic carbocycles. The fourth-order valence-corrected chi connectivity index (χ4v) is 3.96. The van der Waals surface area contributed by atoms with Crippen LogP contribution >= 0.6 is 0 Å². The Hall–Kier alpha value is -4.12. The van der Waals surface area contributed by atoms with E-state index >= 15 is 0 Å². The van der Waals surface area contributed by atoms with Gasteiger partial charge in [0, 0.05) is 40.4 Å². The first-order valence-corrected chi connectivity index (χ1v) is 9.84. The van der Waals surface area contributed by atoms with Crippen LogP contribution in [0.1, 0.15) is 11.1 Å². The fourth-order valence-electron chi connectivity index (χ4n) is 3.96. The van der Waals surface area contributed by atoms with Gasteiger partial charge >= 0.3 is 5.63 Å². The van der Waals surface area contributed by atoms with Gasteiger partial charge in [-0.05, 0) is 35.2 Å². The van der Waals surface area contributed by atoms with Gasteiger partial charge in [0.2, 0.25) is 0 Å². The Morgan fingerprint density at radius 2 is 1.55 bits per heavy atom. The highest BCUT2D eigenvalue weighted by Gasteiger charge is 2.16. The summed E-state index contributed by atoms with van der Waals surface area (Å²) < 4.78 is 11.1. The third-order valence-electron chi connectivity index (χ3n) is 5.61. The highest BCUT2D eigenvalue weighted by molar-refractivity contribution is 6.02. The molecular formula is C26H17O5-. The van der Waals surface area contributed by atoms with Crippen LogP contribution in [0.25, 0.3) is 44.2 Å². The van der Waals surface area contributed by atoms with Crippen LogP contribution in [0.4, 0.5) is 0 Å². The van der Waals surface area contributed by atoms with Gasteiger partial charge in [0.1, 0.15) is 11.2 Å². The molecule has 0 amide bonds. The number of aryl methyl sites for hydroxylation is 1. The number of benzene rings is 3. The maximum Gasteiger partial charge on any atom is 0.340 e. The molecule has 5 heteroatoms. The normalized spacial score (nSPS) is 11.3. The van der Waals surface area contributed by atoms with Crippen LogP contribution < -0.4 is 10.7 Å². The zero-order valence-corrected chi connectivity index (χ0v) is 16.7. The van der Waals surface area contributed by atoms with Gasteiger partial charge < -0.3 is 18.7 Å². The van der Waals surface area contributed by atoms with Crippen LogP contribution in [0.2, 0.25) is 0 Å². The molecule has 0 saturated heterocycles. The first-order chi connectivity index (χ1) is 15.0. The van der Waals surface area contributed by atoms with E-state index in [0.717, 1.165) is 27.6 Å². The molecule has 5 nitrogen and oxygen atoms in total. The number of aliphatic carboxylic acids is 1. The summed E-state index contributed by atoms with van der Waals surface area (Å²) in [6, 6.07) is 21.9. The summed E-state index contributed by atoms with van der Waals surface area (Å²) in [5, 5.41) is 12.6.